The Kier molecular flexibility index (Phi) is 2.10. The van der Waals surface area contributed by atoms with Gasteiger partial charge in [0.25, 0.3) is 0 Å². The van der Waals surface area contributed by atoms with Crippen LogP contribution in [0.1, 0.15) is 6.42 Å². The van der Waals surface area contributed by atoms with E-state index < -0.39 is 0 Å². The third-order valence-corrected chi connectivity index (χ3v) is 2.98. The maximum Gasteiger partial charge on any atom is 0.153 e. The molecular weight excluding hydrogens is 200 g/mol. The minimum absolute atomic E-state index is 0.325. The first-order chi connectivity index (χ1) is 7.83. The lowest BCUT2D eigenvalue weighted by Crippen LogP contribution is -2.19. The van der Waals surface area contributed by atoms with Gasteiger partial charge < -0.3 is 4.90 Å². The van der Waals surface area contributed by atoms with E-state index in [0.717, 1.165) is 23.1 Å². The summed E-state index contributed by atoms with van der Waals surface area (Å²) in [6, 6.07) is 10.1. The van der Waals surface area contributed by atoms with Crippen molar-refractivity contribution in [3.8, 4) is 0 Å². The summed E-state index contributed by atoms with van der Waals surface area (Å²) in [6.07, 6.45) is 2.46. The van der Waals surface area contributed by atoms with E-state index in [4.69, 9.17) is 0 Å². The van der Waals surface area contributed by atoms with Gasteiger partial charge in [-0.25, -0.2) is 0 Å². The number of carbonyl (C=O) groups excluding carboxylic acids is 1. The minimum Gasteiger partial charge on any atom is -0.364 e. The number of aromatic nitrogens is 1. The number of hydrogen-bond donors (Lipinski definition) is 0. The number of carbonyl (C=O) groups is 1. The summed E-state index contributed by atoms with van der Waals surface area (Å²) in [5, 5.41) is 1.12. The SMILES string of the molecule is O=C1CCN(c2ccc3ncccc3c2)C1. The molecule has 0 bridgehead atoms. The van der Waals surface area contributed by atoms with Crippen molar-refractivity contribution < 1.29 is 4.79 Å². The molecule has 1 aromatic heterocycles. The van der Waals surface area contributed by atoms with E-state index in [1.165, 1.54) is 0 Å². The van der Waals surface area contributed by atoms with Crippen LogP contribution in [0.15, 0.2) is 36.5 Å². The number of nitrogens with zero attached hydrogens (tertiary/aromatic N) is 2. The predicted octanol–water partition coefficient (Wildman–Crippen LogP) is 2.01. The lowest BCUT2D eigenvalue weighted by Gasteiger charge is -2.16. The molecule has 3 heteroatoms. The molecule has 3 rings (SSSR count). The Labute approximate surface area is 93.7 Å². The number of anilines is 1. The minimum atomic E-state index is 0.325. The maximum absolute atomic E-state index is 11.2. The number of Topliss-reactive ketones (excluding diaryl/α,β-unsaturated/α-hetero) is 1. The number of pyridine rings is 1. The molecular formula is C13H12N2O. The van der Waals surface area contributed by atoms with Crippen molar-refractivity contribution in [1.82, 2.24) is 4.98 Å². The summed E-state index contributed by atoms with van der Waals surface area (Å²) in [7, 11) is 0. The topological polar surface area (TPSA) is 33.2 Å². The van der Waals surface area contributed by atoms with E-state index in [1.807, 2.05) is 24.3 Å². The summed E-state index contributed by atoms with van der Waals surface area (Å²) in [5.74, 6) is 0.325. The fourth-order valence-corrected chi connectivity index (χ4v) is 2.11. The van der Waals surface area contributed by atoms with Gasteiger partial charge in [0.05, 0.1) is 12.1 Å². The molecule has 3 nitrogen and oxygen atoms in total. The second-order valence-electron chi connectivity index (χ2n) is 4.09. The van der Waals surface area contributed by atoms with E-state index in [0.29, 0.717) is 18.7 Å². The van der Waals surface area contributed by atoms with Gasteiger partial charge in [-0.05, 0) is 24.3 Å². The Morgan fingerprint density at radius 3 is 3.00 bits per heavy atom. The average molecular weight is 212 g/mol. The second-order valence-corrected chi connectivity index (χ2v) is 4.09. The Morgan fingerprint density at radius 2 is 2.19 bits per heavy atom. The van der Waals surface area contributed by atoms with Crippen LogP contribution in [0.3, 0.4) is 0 Å². The maximum atomic E-state index is 11.2. The van der Waals surface area contributed by atoms with Gasteiger partial charge >= 0.3 is 0 Å². The summed E-state index contributed by atoms with van der Waals surface area (Å²) < 4.78 is 0. The van der Waals surface area contributed by atoms with Crippen molar-refractivity contribution in [1.29, 1.82) is 0 Å². The number of hydrogen-bond acceptors (Lipinski definition) is 3. The highest BCUT2D eigenvalue weighted by Crippen LogP contribution is 2.22. The zero-order valence-corrected chi connectivity index (χ0v) is 8.89. The van der Waals surface area contributed by atoms with Crippen LogP contribution in [0.25, 0.3) is 10.9 Å². The Bertz CT molecular complexity index is 550. The van der Waals surface area contributed by atoms with Crippen molar-refractivity contribution >= 4 is 22.4 Å². The van der Waals surface area contributed by atoms with Crippen LogP contribution < -0.4 is 4.90 Å². The van der Waals surface area contributed by atoms with Gasteiger partial charge in [0.15, 0.2) is 5.78 Å². The molecule has 0 radical (unpaired) electrons. The molecule has 0 amide bonds. The highest BCUT2D eigenvalue weighted by atomic mass is 16.1. The fraction of sp³-hybridized carbons (Fsp3) is 0.231. The molecule has 0 spiro atoms. The van der Waals surface area contributed by atoms with E-state index in [2.05, 4.69) is 16.0 Å². The number of ketones is 1. The van der Waals surface area contributed by atoms with Gasteiger partial charge in [0.1, 0.15) is 0 Å². The van der Waals surface area contributed by atoms with E-state index in [1.54, 1.807) is 6.20 Å². The van der Waals surface area contributed by atoms with Crippen LogP contribution >= 0.6 is 0 Å². The fourth-order valence-electron chi connectivity index (χ4n) is 2.11. The van der Waals surface area contributed by atoms with E-state index >= 15 is 0 Å². The number of benzene rings is 1. The Morgan fingerprint density at radius 1 is 1.25 bits per heavy atom. The summed E-state index contributed by atoms with van der Waals surface area (Å²) in [5.41, 5.74) is 2.11. The van der Waals surface area contributed by atoms with E-state index in [-0.39, 0.29) is 0 Å². The van der Waals surface area contributed by atoms with Gasteiger partial charge in [0, 0.05) is 30.2 Å². The van der Waals surface area contributed by atoms with Crippen molar-refractivity contribution in [3.63, 3.8) is 0 Å². The van der Waals surface area contributed by atoms with Crippen molar-refractivity contribution in [2.24, 2.45) is 0 Å². The van der Waals surface area contributed by atoms with Crippen LogP contribution in [-0.4, -0.2) is 23.9 Å². The predicted molar refractivity (Wildman–Crippen MR) is 63.6 cm³/mol. The van der Waals surface area contributed by atoms with Crippen LogP contribution in [-0.2, 0) is 4.79 Å². The van der Waals surface area contributed by atoms with Gasteiger partial charge in [-0.3, -0.25) is 9.78 Å². The lowest BCUT2D eigenvalue weighted by atomic mass is 10.2. The third kappa shape index (κ3) is 1.54. The van der Waals surface area contributed by atoms with Gasteiger partial charge in [-0.1, -0.05) is 6.07 Å². The summed E-state index contributed by atoms with van der Waals surface area (Å²) >= 11 is 0. The van der Waals surface area contributed by atoms with Crippen LogP contribution in [0.4, 0.5) is 5.69 Å². The normalized spacial score (nSPS) is 16.0. The van der Waals surface area contributed by atoms with Crippen molar-refractivity contribution in [2.45, 2.75) is 6.42 Å². The van der Waals surface area contributed by atoms with Gasteiger partial charge in [0.2, 0.25) is 0 Å². The van der Waals surface area contributed by atoms with Crippen molar-refractivity contribution in [2.75, 3.05) is 18.0 Å². The average Bonchev–Trinajstić information content (AvgIpc) is 2.75. The molecule has 1 fully saturated rings. The zero-order chi connectivity index (χ0) is 11.0. The molecule has 0 unspecified atom stereocenters. The Hall–Kier alpha value is -1.90. The molecule has 0 atom stereocenters. The lowest BCUT2D eigenvalue weighted by molar-refractivity contribution is -0.116. The highest BCUT2D eigenvalue weighted by Gasteiger charge is 2.19. The van der Waals surface area contributed by atoms with Crippen LogP contribution in [0.5, 0.6) is 0 Å². The molecule has 1 aromatic carbocycles. The first-order valence-corrected chi connectivity index (χ1v) is 5.44. The zero-order valence-electron chi connectivity index (χ0n) is 8.89. The smallest absolute Gasteiger partial charge is 0.153 e. The van der Waals surface area contributed by atoms with Crippen LogP contribution in [0, 0.1) is 0 Å². The van der Waals surface area contributed by atoms with Crippen LogP contribution in [0.2, 0.25) is 0 Å². The summed E-state index contributed by atoms with van der Waals surface area (Å²) in [6.45, 7) is 1.39. The molecule has 1 aliphatic rings. The molecule has 16 heavy (non-hydrogen) atoms. The van der Waals surface area contributed by atoms with Crippen molar-refractivity contribution in [3.05, 3.63) is 36.5 Å². The first-order valence-electron chi connectivity index (χ1n) is 5.44. The monoisotopic (exact) mass is 212 g/mol. The summed E-state index contributed by atoms with van der Waals surface area (Å²) in [4.78, 5) is 17.6. The molecule has 80 valence electrons. The molecule has 2 aromatic rings. The second kappa shape index (κ2) is 3.59. The third-order valence-electron chi connectivity index (χ3n) is 2.98. The molecule has 1 aliphatic heterocycles. The van der Waals surface area contributed by atoms with Gasteiger partial charge in [-0.2, -0.15) is 0 Å². The Balaban J connectivity index is 2.02. The number of fused-ring (bicyclic) bond motifs is 1. The molecule has 1 saturated heterocycles. The number of rotatable bonds is 1. The first kappa shape index (κ1) is 9.33. The van der Waals surface area contributed by atoms with Gasteiger partial charge in [-0.15, -0.1) is 0 Å². The molecule has 0 aliphatic carbocycles. The molecule has 2 heterocycles. The quantitative estimate of drug-likeness (QED) is 0.725. The highest BCUT2D eigenvalue weighted by molar-refractivity contribution is 5.89. The largest absolute Gasteiger partial charge is 0.364 e. The molecule has 0 saturated carbocycles. The van der Waals surface area contributed by atoms with E-state index in [9.17, 15) is 4.79 Å². The molecule has 0 N–H and O–H groups in total. The standard InChI is InChI=1S/C13H12N2O/c16-12-5-7-15(9-12)11-3-4-13-10(8-11)2-1-6-14-13/h1-4,6,8H,5,7,9H2.